The quantitative estimate of drug-likeness (QED) is 0.393. The molecule has 5 nitrogen and oxygen atoms in total. The summed E-state index contributed by atoms with van der Waals surface area (Å²) in [5.74, 6) is -0.515. The van der Waals surface area contributed by atoms with Crippen molar-refractivity contribution in [2.24, 2.45) is 5.10 Å². The number of carbonyl (C=O) groups is 1. The predicted octanol–water partition coefficient (Wildman–Crippen LogP) is 3.28. The van der Waals surface area contributed by atoms with Crippen molar-refractivity contribution in [1.82, 2.24) is 5.43 Å². The molecule has 0 spiro atoms. The fraction of sp³-hybridized carbons (Fsp3) is 0.0526. The van der Waals surface area contributed by atoms with Crippen LogP contribution in [0, 0.1) is 0 Å². The van der Waals surface area contributed by atoms with Crippen molar-refractivity contribution in [2.75, 3.05) is 5.73 Å². The van der Waals surface area contributed by atoms with Gasteiger partial charge in [0, 0.05) is 11.1 Å². The van der Waals surface area contributed by atoms with Crippen LogP contribution >= 0.6 is 0 Å². The lowest BCUT2D eigenvalue weighted by molar-refractivity contribution is 0.0952. The summed E-state index contributed by atoms with van der Waals surface area (Å²) in [6.45, 7) is 1.78. The smallest absolute Gasteiger partial charge is 0.275 e. The number of hydrogen-bond donors (Lipinski definition) is 3. The number of rotatable bonds is 3. The first kappa shape index (κ1) is 15.6. The molecule has 0 atom stereocenters. The molecule has 4 N–H and O–H groups in total. The maximum Gasteiger partial charge on any atom is 0.275 e. The lowest BCUT2D eigenvalue weighted by Gasteiger charge is -2.07. The minimum absolute atomic E-state index is 0.0501. The van der Waals surface area contributed by atoms with E-state index >= 15 is 0 Å². The third-order valence-corrected chi connectivity index (χ3v) is 3.80. The first-order valence-corrected chi connectivity index (χ1v) is 7.47. The van der Waals surface area contributed by atoms with E-state index in [-0.39, 0.29) is 11.3 Å². The molecule has 0 aromatic heterocycles. The summed E-state index contributed by atoms with van der Waals surface area (Å²) >= 11 is 0. The number of phenolic OH excluding ortho intramolecular Hbond substituents is 1. The number of aromatic hydroxyl groups is 1. The highest BCUT2D eigenvalue weighted by molar-refractivity contribution is 6.05. The van der Waals surface area contributed by atoms with E-state index in [4.69, 9.17) is 5.73 Å². The summed E-state index contributed by atoms with van der Waals surface area (Å²) in [4.78, 5) is 12.3. The van der Waals surface area contributed by atoms with Crippen LogP contribution < -0.4 is 11.2 Å². The maximum atomic E-state index is 12.3. The van der Waals surface area contributed by atoms with Crippen LogP contribution in [0.3, 0.4) is 0 Å². The van der Waals surface area contributed by atoms with E-state index < -0.39 is 5.91 Å². The fourth-order valence-corrected chi connectivity index (χ4v) is 2.42. The van der Waals surface area contributed by atoms with Crippen LogP contribution in [0.25, 0.3) is 10.8 Å². The van der Waals surface area contributed by atoms with Gasteiger partial charge in [0.2, 0.25) is 0 Å². The predicted molar refractivity (Wildman–Crippen MR) is 96.1 cm³/mol. The molecule has 1 amide bonds. The second-order valence-corrected chi connectivity index (χ2v) is 5.44. The van der Waals surface area contributed by atoms with Gasteiger partial charge in [-0.1, -0.05) is 42.5 Å². The van der Waals surface area contributed by atoms with E-state index in [1.165, 1.54) is 0 Å². The Morgan fingerprint density at radius 3 is 2.50 bits per heavy atom. The van der Waals surface area contributed by atoms with Crippen LogP contribution in [0.1, 0.15) is 22.8 Å². The Bertz CT molecular complexity index is 931. The number of benzene rings is 3. The minimum Gasteiger partial charge on any atom is -0.506 e. The second kappa shape index (κ2) is 6.42. The van der Waals surface area contributed by atoms with Gasteiger partial charge in [-0.25, -0.2) is 5.43 Å². The fourth-order valence-electron chi connectivity index (χ4n) is 2.42. The van der Waals surface area contributed by atoms with Gasteiger partial charge in [0.15, 0.2) is 0 Å². The summed E-state index contributed by atoms with van der Waals surface area (Å²) in [7, 11) is 0. The number of amides is 1. The number of hydrogen-bond acceptors (Lipinski definition) is 4. The van der Waals surface area contributed by atoms with Crippen molar-refractivity contribution in [2.45, 2.75) is 6.92 Å². The molecular formula is C19H17N3O2. The summed E-state index contributed by atoms with van der Waals surface area (Å²) in [5.41, 5.74) is 10.5. The van der Waals surface area contributed by atoms with Gasteiger partial charge in [-0.15, -0.1) is 0 Å². The molecule has 0 aliphatic rings. The van der Waals surface area contributed by atoms with E-state index in [2.05, 4.69) is 10.5 Å². The van der Waals surface area contributed by atoms with Crippen molar-refractivity contribution in [3.8, 4) is 5.75 Å². The first-order valence-electron chi connectivity index (χ1n) is 7.47. The Balaban J connectivity index is 1.83. The van der Waals surface area contributed by atoms with Gasteiger partial charge in [-0.2, -0.15) is 5.10 Å². The number of nitrogens with zero attached hydrogens (tertiary/aromatic N) is 1. The highest BCUT2D eigenvalue weighted by Crippen LogP contribution is 2.28. The molecular weight excluding hydrogens is 302 g/mol. The third-order valence-electron chi connectivity index (χ3n) is 3.80. The molecule has 5 heteroatoms. The summed E-state index contributed by atoms with van der Waals surface area (Å²) in [6.07, 6.45) is 0. The molecule has 3 rings (SSSR count). The number of nitrogens with one attached hydrogen (secondary N) is 1. The zero-order chi connectivity index (χ0) is 17.1. The molecule has 0 bridgehead atoms. The lowest BCUT2D eigenvalue weighted by atomic mass is 10.1. The number of carbonyl (C=O) groups excluding carboxylic acids is 1. The number of anilines is 1. The second-order valence-electron chi connectivity index (χ2n) is 5.44. The van der Waals surface area contributed by atoms with Gasteiger partial charge >= 0.3 is 0 Å². The zero-order valence-corrected chi connectivity index (χ0v) is 13.2. The van der Waals surface area contributed by atoms with Gasteiger partial charge in [0.1, 0.15) is 5.75 Å². The Morgan fingerprint density at radius 2 is 1.75 bits per heavy atom. The van der Waals surface area contributed by atoms with Crippen molar-refractivity contribution in [3.05, 3.63) is 71.8 Å². The Hall–Kier alpha value is -3.34. The van der Waals surface area contributed by atoms with Gasteiger partial charge in [-0.05, 0) is 36.1 Å². The lowest BCUT2D eigenvalue weighted by Crippen LogP contribution is -2.19. The van der Waals surface area contributed by atoms with E-state index in [1.807, 2.05) is 30.3 Å². The summed E-state index contributed by atoms with van der Waals surface area (Å²) < 4.78 is 0. The SMILES string of the molecule is CC(=NNC(=O)c1ccc2ccccc2c1O)c1ccc(N)cc1. The molecule has 0 saturated heterocycles. The normalized spacial score (nSPS) is 11.5. The highest BCUT2D eigenvalue weighted by atomic mass is 16.3. The summed E-state index contributed by atoms with van der Waals surface area (Å²) in [6, 6.07) is 17.9. The molecule has 3 aromatic carbocycles. The van der Waals surface area contributed by atoms with Gasteiger partial charge in [0.25, 0.3) is 5.91 Å². The molecule has 0 aliphatic heterocycles. The maximum absolute atomic E-state index is 12.3. The van der Waals surface area contributed by atoms with Crippen LogP contribution in [-0.4, -0.2) is 16.7 Å². The third kappa shape index (κ3) is 3.05. The number of fused-ring (bicyclic) bond motifs is 1. The monoisotopic (exact) mass is 319 g/mol. The van der Waals surface area contributed by atoms with E-state index in [0.717, 1.165) is 10.9 Å². The van der Waals surface area contributed by atoms with E-state index in [1.54, 1.807) is 37.3 Å². The van der Waals surface area contributed by atoms with Gasteiger partial charge in [-0.3, -0.25) is 4.79 Å². The molecule has 0 aliphatic carbocycles. The number of nitrogen functional groups attached to an aromatic ring is 1. The molecule has 0 heterocycles. The van der Waals surface area contributed by atoms with Gasteiger partial charge in [0.05, 0.1) is 11.3 Å². The summed E-state index contributed by atoms with van der Waals surface area (Å²) in [5, 5.41) is 15.9. The van der Waals surface area contributed by atoms with Crippen LogP contribution in [0.2, 0.25) is 0 Å². The van der Waals surface area contributed by atoms with Gasteiger partial charge < -0.3 is 10.8 Å². The molecule has 0 fully saturated rings. The average Bonchev–Trinajstić information content (AvgIpc) is 2.60. The van der Waals surface area contributed by atoms with Crippen LogP contribution in [0.15, 0.2) is 65.8 Å². The molecule has 0 radical (unpaired) electrons. The molecule has 0 unspecified atom stereocenters. The van der Waals surface area contributed by atoms with E-state index in [9.17, 15) is 9.90 Å². The van der Waals surface area contributed by atoms with Crippen molar-refractivity contribution < 1.29 is 9.90 Å². The molecule has 0 saturated carbocycles. The first-order chi connectivity index (χ1) is 11.6. The average molecular weight is 319 g/mol. The topological polar surface area (TPSA) is 87.7 Å². The van der Waals surface area contributed by atoms with Crippen LogP contribution in [-0.2, 0) is 0 Å². The Labute approximate surface area is 139 Å². The minimum atomic E-state index is -0.465. The van der Waals surface area contributed by atoms with Crippen molar-refractivity contribution in [1.29, 1.82) is 0 Å². The zero-order valence-electron chi connectivity index (χ0n) is 13.2. The molecule has 120 valence electrons. The van der Waals surface area contributed by atoms with Crippen LogP contribution in [0.4, 0.5) is 5.69 Å². The van der Waals surface area contributed by atoms with Crippen molar-refractivity contribution in [3.63, 3.8) is 0 Å². The van der Waals surface area contributed by atoms with Crippen molar-refractivity contribution >= 4 is 28.1 Å². The number of phenols is 1. The number of hydrazone groups is 1. The highest BCUT2D eigenvalue weighted by Gasteiger charge is 2.13. The molecule has 24 heavy (non-hydrogen) atoms. The Morgan fingerprint density at radius 1 is 1.04 bits per heavy atom. The number of nitrogens with two attached hydrogens (primary N) is 1. The van der Waals surface area contributed by atoms with Crippen LogP contribution in [0.5, 0.6) is 5.75 Å². The molecule has 3 aromatic rings. The standard InChI is InChI=1S/C19H17N3O2/c1-12(13-6-9-15(20)10-7-13)21-22-19(24)17-11-8-14-4-2-3-5-16(14)18(17)23/h2-11,23H,20H2,1H3,(H,22,24). The Kier molecular flexibility index (Phi) is 4.16. The largest absolute Gasteiger partial charge is 0.506 e. The van der Waals surface area contributed by atoms with E-state index in [0.29, 0.717) is 16.8 Å².